The molecule has 0 bridgehead atoms. The Hall–Kier alpha value is -1.16. The largest absolute Gasteiger partial charge is 0.469 e. The fourth-order valence-electron chi connectivity index (χ4n) is 8.81. The summed E-state index contributed by atoms with van der Waals surface area (Å²) in [5.41, 5.74) is 1.33. The number of rotatable bonds is 4. The topological polar surface area (TPSA) is 63.6 Å². The summed E-state index contributed by atoms with van der Waals surface area (Å²) in [5.74, 6) is 2.57. The molecule has 4 saturated carbocycles. The van der Waals surface area contributed by atoms with Crippen LogP contribution in [0.15, 0.2) is 11.6 Å². The molecule has 0 spiro atoms. The first kappa shape index (κ1) is 23.0. The van der Waals surface area contributed by atoms with Crippen molar-refractivity contribution in [3.8, 4) is 0 Å². The maximum Gasteiger partial charge on any atom is 0.305 e. The fraction of sp³-hybridized carbons (Fsp3) is 0.852. The molecule has 0 saturated heterocycles. The van der Waals surface area contributed by atoms with E-state index >= 15 is 0 Å². The van der Waals surface area contributed by atoms with Gasteiger partial charge in [-0.1, -0.05) is 26.8 Å². The number of methoxy groups -OCH3 is 1. The zero-order chi connectivity index (χ0) is 22.6. The number of ketones is 1. The molecule has 0 aliphatic heterocycles. The smallest absolute Gasteiger partial charge is 0.305 e. The average molecular weight is 431 g/mol. The number of aliphatic hydroxyl groups is 1. The van der Waals surface area contributed by atoms with Crippen molar-refractivity contribution < 1.29 is 19.4 Å². The summed E-state index contributed by atoms with van der Waals surface area (Å²) in [6.07, 6.45) is 10.4. The van der Waals surface area contributed by atoms with E-state index in [2.05, 4.69) is 26.8 Å². The molecule has 0 heterocycles. The highest BCUT2D eigenvalue weighted by Crippen LogP contribution is 2.68. The quantitative estimate of drug-likeness (QED) is 0.484. The second kappa shape index (κ2) is 8.32. The molecule has 0 aromatic rings. The number of fused-ring (bicyclic) bond motifs is 5. The predicted molar refractivity (Wildman–Crippen MR) is 121 cm³/mol. The molecule has 1 N–H and O–H groups in total. The third-order valence-electron chi connectivity index (χ3n) is 10.5. The van der Waals surface area contributed by atoms with Gasteiger partial charge in [0.2, 0.25) is 0 Å². The maximum atomic E-state index is 13.9. The average Bonchev–Trinajstić information content (AvgIpc) is 3.10. The predicted octanol–water partition coefficient (Wildman–Crippen LogP) is 5.33. The summed E-state index contributed by atoms with van der Waals surface area (Å²) in [5, 5.41) is 10.4. The highest BCUT2D eigenvalue weighted by atomic mass is 16.5. The Bertz CT molecular complexity index is 756. The Morgan fingerprint density at radius 1 is 1.16 bits per heavy atom. The Morgan fingerprint density at radius 3 is 2.52 bits per heavy atom. The normalized spacial score (nSPS) is 46.8. The van der Waals surface area contributed by atoms with Crippen LogP contribution in [0.25, 0.3) is 0 Å². The fourth-order valence-corrected chi connectivity index (χ4v) is 8.81. The summed E-state index contributed by atoms with van der Waals surface area (Å²) in [6, 6.07) is 0. The third-order valence-corrected chi connectivity index (χ3v) is 10.5. The number of esters is 1. The van der Waals surface area contributed by atoms with Crippen molar-refractivity contribution in [1.29, 1.82) is 0 Å². The first-order chi connectivity index (χ1) is 14.7. The Morgan fingerprint density at radius 2 is 1.84 bits per heavy atom. The summed E-state index contributed by atoms with van der Waals surface area (Å²) in [4.78, 5) is 25.6. The van der Waals surface area contributed by atoms with Crippen LogP contribution in [0.4, 0.5) is 0 Å². The summed E-state index contributed by atoms with van der Waals surface area (Å²) in [6.45, 7) is 9.18. The lowest BCUT2D eigenvalue weighted by molar-refractivity contribution is -0.150. The molecule has 7 unspecified atom stereocenters. The second-order valence-electron chi connectivity index (χ2n) is 11.7. The zero-order valence-electron chi connectivity index (χ0n) is 20.2. The zero-order valence-corrected chi connectivity index (χ0v) is 20.2. The van der Waals surface area contributed by atoms with Crippen LogP contribution in [0.2, 0.25) is 0 Å². The summed E-state index contributed by atoms with van der Waals surface area (Å²) in [7, 11) is 1.47. The standard InChI is InChI=1S/C27H42O4/c1-6-18-22-15-17(28)11-13-27(22,4)21-12-14-26(3)19(16(2)7-10-23(29)31-5)8-9-20(26)24(21)25(18)30/h6,16-17,19-22,24,28H,7-15H2,1-5H3/t16?,17?,19?,20?,21?,22?,24?,26-,27-/m1/s1. The SMILES string of the molecule is CC=C1C(=O)C2C3CCC(C(C)CCC(=O)OC)[C@@]3(C)CCC2[C@@]2(C)CCC(O)CC12. The summed E-state index contributed by atoms with van der Waals surface area (Å²) >= 11 is 0. The van der Waals surface area contributed by atoms with Crippen molar-refractivity contribution in [2.75, 3.05) is 7.11 Å². The molecule has 4 aliphatic rings. The minimum absolute atomic E-state index is 0.117. The van der Waals surface area contributed by atoms with Crippen LogP contribution in [-0.4, -0.2) is 30.1 Å². The minimum Gasteiger partial charge on any atom is -0.469 e. The molecule has 4 heteroatoms. The molecule has 174 valence electrons. The second-order valence-corrected chi connectivity index (χ2v) is 11.7. The molecule has 0 amide bonds. The molecular formula is C27H42O4. The van der Waals surface area contributed by atoms with E-state index in [0.29, 0.717) is 35.9 Å². The summed E-state index contributed by atoms with van der Waals surface area (Å²) < 4.78 is 4.87. The van der Waals surface area contributed by atoms with Gasteiger partial charge in [-0.15, -0.1) is 0 Å². The van der Waals surface area contributed by atoms with Gasteiger partial charge in [0.05, 0.1) is 13.2 Å². The molecule has 0 radical (unpaired) electrons. The number of Topliss-reactive ketones (excluding diaryl/α,β-unsaturated/α-hetero) is 1. The van der Waals surface area contributed by atoms with E-state index < -0.39 is 0 Å². The van der Waals surface area contributed by atoms with Crippen LogP contribution in [0.1, 0.15) is 85.5 Å². The number of carbonyl (C=O) groups is 2. The van der Waals surface area contributed by atoms with Gasteiger partial charge in [-0.3, -0.25) is 9.59 Å². The van der Waals surface area contributed by atoms with Crippen molar-refractivity contribution in [3.63, 3.8) is 0 Å². The lowest BCUT2D eigenvalue weighted by Gasteiger charge is -2.61. The highest BCUT2D eigenvalue weighted by Gasteiger charge is 2.64. The molecule has 0 aromatic heterocycles. The van der Waals surface area contributed by atoms with Crippen molar-refractivity contribution in [2.24, 2.45) is 46.3 Å². The van der Waals surface area contributed by atoms with E-state index in [1.54, 1.807) is 0 Å². The Kier molecular flexibility index (Phi) is 6.17. The van der Waals surface area contributed by atoms with Crippen molar-refractivity contribution in [3.05, 3.63) is 11.6 Å². The molecule has 4 nitrogen and oxygen atoms in total. The van der Waals surface area contributed by atoms with Gasteiger partial charge < -0.3 is 9.84 Å². The van der Waals surface area contributed by atoms with Crippen molar-refractivity contribution in [1.82, 2.24) is 0 Å². The van der Waals surface area contributed by atoms with Crippen LogP contribution in [0.3, 0.4) is 0 Å². The van der Waals surface area contributed by atoms with Crippen LogP contribution in [0.5, 0.6) is 0 Å². The van der Waals surface area contributed by atoms with Crippen molar-refractivity contribution in [2.45, 2.75) is 91.6 Å². The lowest BCUT2D eigenvalue weighted by atomic mass is 9.43. The lowest BCUT2D eigenvalue weighted by Crippen LogP contribution is -2.58. The van der Waals surface area contributed by atoms with Crippen LogP contribution in [0, 0.1) is 46.3 Å². The first-order valence-electron chi connectivity index (χ1n) is 12.6. The van der Waals surface area contributed by atoms with Gasteiger partial charge in [-0.2, -0.15) is 0 Å². The molecule has 9 atom stereocenters. The van der Waals surface area contributed by atoms with Gasteiger partial charge in [0, 0.05) is 12.3 Å². The number of hydrogen-bond acceptors (Lipinski definition) is 4. The Balaban J connectivity index is 1.61. The molecule has 0 aromatic carbocycles. The molecule has 31 heavy (non-hydrogen) atoms. The van der Waals surface area contributed by atoms with Crippen molar-refractivity contribution >= 4 is 11.8 Å². The van der Waals surface area contributed by atoms with Crippen LogP contribution < -0.4 is 0 Å². The van der Waals surface area contributed by atoms with E-state index in [-0.39, 0.29) is 34.7 Å². The third kappa shape index (κ3) is 3.52. The Labute approximate surface area is 188 Å². The van der Waals surface area contributed by atoms with E-state index in [0.717, 1.165) is 44.1 Å². The molecule has 4 fully saturated rings. The van der Waals surface area contributed by atoms with Gasteiger partial charge in [-0.05, 0) is 104 Å². The van der Waals surface area contributed by atoms with E-state index in [9.17, 15) is 14.7 Å². The van der Waals surface area contributed by atoms with Gasteiger partial charge in [-0.25, -0.2) is 0 Å². The molecular weight excluding hydrogens is 388 g/mol. The number of allylic oxidation sites excluding steroid dienone is 2. The number of ether oxygens (including phenoxy) is 1. The van der Waals surface area contributed by atoms with E-state index in [1.807, 2.05) is 6.92 Å². The van der Waals surface area contributed by atoms with Gasteiger partial charge in [0.1, 0.15) is 0 Å². The van der Waals surface area contributed by atoms with Gasteiger partial charge in [0.15, 0.2) is 5.78 Å². The van der Waals surface area contributed by atoms with E-state index in [4.69, 9.17) is 4.74 Å². The number of hydrogen-bond donors (Lipinski definition) is 1. The minimum atomic E-state index is -0.266. The number of aliphatic hydroxyl groups excluding tert-OH is 1. The highest BCUT2D eigenvalue weighted by molar-refractivity contribution is 5.99. The van der Waals surface area contributed by atoms with E-state index in [1.165, 1.54) is 20.0 Å². The monoisotopic (exact) mass is 430 g/mol. The maximum absolute atomic E-state index is 13.9. The van der Waals surface area contributed by atoms with Gasteiger partial charge >= 0.3 is 5.97 Å². The number of carbonyl (C=O) groups excluding carboxylic acids is 2. The van der Waals surface area contributed by atoms with Crippen LogP contribution in [-0.2, 0) is 14.3 Å². The molecule has 4 rings (SSSR count). The van der Waals surface area contributed by atoms with Gasteiger partial charge in [0.25, 0.3) is 0 Å². The molecule has 4 aliphatic carbocycles. The van der Waals surface area contributed by atoms with Crippen LogP contribution >= 0.6 is 0 Å². The first-order valence-corrected chi connectivity index (χ1v) is 12.6.